The summed E-state index contributed by atoms with van der Waals surface area (Å²) in [7, 11) is 0. The first-order valence-corrected chi connectivity index (χ1v) is 11.0. The van der Waals surface area contributed by atoms with E-state index in [1.807, 2.05) is 11.8 Å². The molecule has 1 aromatic rings. The lowest BCUT2D eigenvalue weighted by Gasteiger charge is -2.45. The van der Waals surface area contributed by atoms with Crippen LogP contribution < -0.4 is 5.32 Å². The zero-order chi connectivity index (χ0) is 21.2. The number of aryl methyl sites for hydroxylation is 1. The molecule has 3 rings (SSSR count). The van der Waals surface area contributed by atoms with Crippen molar-refractivity contribution in [3.05, 3.63) is 35.4 Å². The van der Waals surface area contributed by atoms with Gasteiger partial charge >= 0.3 is 0 Å². The van der Waals surface area contributed by atoms with E-state index in [4.69, 9.17) is 0 Å². The molecule has 5 nitrogen and oxygen atoms in total. The Morgan fingerprint density at radius 2 is 1.90 bits per heavy atom. The zero-order valence-corrected chi connectivity index (χ0v) is 18.3. The first-order chi connectivity index (χ1) is 13.7. The Labute approximate surface area is 174 Å². The van der Waals surface area contributed by atoms with E-state index in [1.165, 1.54) is 11.1 Å². The van der Waals surface area contributed by atoms with E-state index >= 15 is 0 Å². The highest BCUT2D eigenvalue weighted by Crippen LogP contribution is 2.42. The number of carbonyl (C=O) groups is 2. The molecule has 1 unspecified atom stereocenters. The SMILES string of the molecule is CC[C@@H](NC(=O)[C@H]1CC[C@@H](O)C1)C(=O)N1CCC(c2ccc(C)cc2)C(C)(C)C1. The van der Waals surface area contributed by atoms with Crippen LogP contribution in [-0.4, -0.2) is 47.1 Å². The molecule has 2 aliphatic rings. The number of carbonyl (C=O) groups excluding carboxylic acids is 2. The van der Waals surface area contributed by atoms with E-state index < -0.39 is 6.04 Å². The normalized spacial score (nSPS) is 27.5. The Balaban J connectivity index is 1.63. The largest absolute Gasteiger partial charge is 0.393 e. The fourth-order valence-corrected chi connectivity index (χ4v) is 5.01. The van der Waals surface area contributed by atoms with Gasteiger partial charge in [-0.15, -0.1) is 0 Å². The van der Waals surface area contributed by atoms with Gasteiger partial charge in [0.05, 0.1) is 6.10 Å². The summed E-state index contributed by atoms with van der Waals surface area (Å²) < 4.78 is 0. The first kappa shape index (κ1) is 21.8. The number of hydrogen-bond donors (Lipinski definition) is 2. The molecule has 0 spiro atoms. The van der Waals surface area contributed by atoms with Gasteiger partial charge in [0.25, 0.3) is 0 Å². The minimum atomic E-state index is -0.480. The Kier molecular flexibility index (Phi) is 6.67. The number of amides is 2. The fourth-order valence-electron chi connectivity index (χ4n) is 5.01. The van der Waals surface area contributed by atoms with Crippen LogP contribution >= 0.6 is 0 Å². The number of hydrogen-bond acceptors (Lipinski definition) is 3. The van der Waals surface area contributed by atoms with Gasteiger partial charge in [0.2, 0.25) is 11.8 Å². The van der Waals surface area contributed by atoms with Gasteiger partial charge in [-0.3, -0.25) is 9.59 Å². The summed E-state index contributed by atoms with van der Waals surface area (Å²) in [5, 5.41) is 12.7. The molecule has 1 saturated heterocycles. The smallest absolute Gasteiger partial charge is 0.245 e. The zero-order valence-electron chi connectivity index (χ0n) is 18.3. The first-order valence-electron chi connectivity index (χ1n) is 11.0. The van der Waals surface area contributed by atoms with Crippen LogP contribution in [0.25, 0.3) is 0 Å². The summed E-state index contributed by atoms with van der Waals surface area (Å²) in [6.07, 6.45) is 3.00. The monoisotopic (exact) mass is 400 g/mol. The molecule has 1 aliphatic carbocycles. The number of nitrogens with one attached hydrogen (secondary N) is 1. The van der Waals surface area contributed by atoms with Gasteiger partial charge in [0.1, 0.15) is 6.04 Å². The minimum Gasteiger partial charge on any atom is -0.393 e. The van der Waals surface area contributed by atoms with Crippen LogP contribution in [-0.2, 0) is 9.59 Å². The van der Waals surface area contributed by atoms with Crippen molar-refractivity contribution in [3.63, 3.8) is 0 Å². The van der Waals surface area contributed by atoms with Gasteiger partial charge in [-0.1, -0.05) is 50.6 Å². The third-order valence-electron chi connectivity index (χ3n) is 6.82. The van der Waals surface area contributed by atoms with Crippen LogP contribution in [0, 0.1) is 18.3 Å². The molecule has 160 valence electrons. The average Bonchev–Trinajstić information content (AvgIpc) is 3.12. The van der Waals surface area contributed by atoms with Crippen molar-refractivity contribution in [3.8, 4) is 0 Å². The third-order valence-corrected chi connectivity index (χ3v) is 6.82. The molecule has 0 aromatic heterocycles. The number of nitrogens with zero attached hydrogens (tertiary/aromatic N) is 1. The highest BCUT2D eigenvalue weighted by Gasteiger charge is 2.40. The predicted molar refractivity (Wildman–Crippen MR) is 114 cm³/mol. The van der Waals surface area contributed by atoms with E-state index in [0.29, 0.717) is 38.1 Å². The lowest BCUT2D eigenvalue weighted by molar-refractivity contribution is -0.140. The Bertz CT molecular complexity index is 728. The van der Waals surface area contributed by atoms with E-state index in [9.17, 15) is 14.7 Å². The molecule has 2 N–H and O–H groups in total. The Morgan fingerprint density at radius 3 is 2.45 bits per heavy atom. The number of rotatable bonds is 5. The molecular formula is C24H36N2O3. The Hall–Kier alpha value is -1.88. The quantitative estimate of drug-likeness (QED) is 0.796. The van der Waals surface area contributed by atoms with E-state index in [2.05, 4.69) is 50.4 Å². The van der Waals surface area contributed by atoms with Crippen molar-refractivity contribution >= 4 is 11.8 Å². The van der Waals surface area contributed by atoms with Gasteiger partial charge in [-0.2, -0.15) is 0 Å². The summed E-state index contributed by atoms with van der Waals surface area (Å²) >= 11 is 0. The molecule has 4 atom stereocenters. The van der Waals surface area contributed by atoms with E-state index in [-0.39, 0.29) is 29.3 Å². The second-order valence-electron chi connectivity index (χ2n) is 9.63. The van der Waals surface area contributed by atoms with Crippen molar-refractivity contribution in [1.29, 1.82) is 0 Å². The Morgan fingerprint density at radius 1 is 1.21 bits per heavy atom. The molecule has 1 aliphatic heterocycles. The maximum Gasteiger partial charge on any atom is 0.245 e. The van der Waals surface area contributed by atoms with Crippen LogP contribution in [0.3, 0.4) is 0 Å². The molecule has 2 fully saturated rings. The molecule has 5 heteroatoms. The molecule has 0 bridgehead atoms. The second kappa shape index (κ2) is 8.86. The number of aliphatic hydroxyl groups is 1. The standard InChI is InChI=1S/C24H36N2O3/c1-5-21(25-22(28)18-10-11-19(27)14-18)23(29)26-13-12-20(24(3,4)15-26)17-8-6-16(2)7-9-17/h6-9,18-21,27H,5,10-15H2,1-4H3,(H,25,28)/t18-,19+,20?,21+/m0/s1. The van der Waals surface area contributed by atoms with Crippen molar-refractivity contribution in [2.24, 2.45) is 11.3 Å². The maximum absolute atomic E-state index is 13.2. The number of piperidine rings is 1. The lowest BCUT2D eigenvalue weighted by atomic mass is 9.70. The van der Waals surface area contributed by atoms with Crippen LogP contribution in [0.1, 0.15) is 69.9 Å². The van der Waals surface area contributed by atoms with Gasteiger partial charge in [0.15, 0.2) is 0 Å². The van der Waals surface area contributed by atoms with Crippen LogP contribution in [0.15, 0.2) is 24.3 Å². The molecular weight excluding hydrogens is 364 g/mol. The molecule has 29 heavy (non-hydrogen) atoms. The van der Waals surface area contributed by atoms with Crippen LogP contribution in [0.5, 0.6) is 0 Å². The van der Waals surface area contributed by atoms with Crippen LogP contribution in [0.2, 0.25) is 0 Å². The summed E-state index contributed by atoms with van der Waals surface area (Å²) in [6.45, 7) is 9.92. The van der Waals surface area contributed by atoms with Crippen LogP contribution in [0.4, 0.5) is 0 Å². The summed E-state index contributed by atoms with van der Waals surface area (Å²) in [5.74, 6) is 0.183. The number of likely N-dealkylation sites (tertiary alicyclic amines) is 1. The molecule has 2 amide bonds. The summed E-state index contributed by atoms with van der Waals surface area (Å²) in [5.41, 5.74) is 2.57. The topological polar surface area (TPSA) is 69.6 Å². The highest BCUT2D eigenvalue weighted by atomic mass is 16.3. The lowest BCUT2D eigenvalue weighted by Crippen LogP contribution is -2.54. The molecule has 1 saturated carbocycles. The van der Waals surface area contributed by atoms with E-state index in [0.717, 1.165) is 13.0 Å². The van der Waals surface area contributed by atoms with Crippen molar-refractivity contribution in [2.75, 3.05) is 13.1 Å². The number of benzene rings is 1. The van der Waals surface area contributed by atoms with Crippen molar-refractivity contribution in [2.45, 2.75) is 77.9 Å². The van der Waals surface area contributed by atoms with E-state index in [1.54, 1.807) is 0 Å². The van der Waals surface area contributed by atoms with Crippen molar-refractivity contribution in [1.82, 2.24) is 10.2 Å². The highest BCUT2D eigenvalue weighted by molar-refractivity contribution is 5.88. The van der Waals surface area contributed by atoms with Gasteiger partial charge in [-0.25, -0.2) is 0 Å². The minimum absolute atomic E-state index is 0.0230. The average molecular weight is 401 g/mol. The molecule has 0 radical (unpaired) electrons. The predicted octanol–water partition coefficient (Wildman–Crippen LogP) is 3.39. The maximum atomic E-state index is 13.2. The van der Waals surface area contributed by atoms with Gasteiger partial charge in [0, 0.05) is 19.0 Å². The second-order valence-corrected chi connectivity index (χ2v) is 9.63. The molecule has 1 aromatic carbocycles. The summed E-state index contributed by atoms with van der Waals surface area (Å²) in [6, 6.07) is 8.26. The number of aliphatic hydroxyl groups excluding tert-OH is 1. The van der Waals surface area contributed by atoms with Crippen molar-refractivity contribution < 1.29 is 14.7 Å². The fraction of sp³-hybridized carbons (Fsp3) is 0.667. The third kappa shape index (κ3) is 5.00. The molecule has 1 heterocycles. The van der Waals surface area contributed by atoms with Gasteiger partial charge in [-0.05, 0) is 55.9 Å². The summed E-state index contributed by atoms with van der Waals surface area (Å²) in [4.78, 5) is 27.7. The van der Waals surface area contributed by atoms with Gasteiger partial charge < -0.3 is 15.3 Å².